The Morgan fingerprint density at radius 1 is 0.514 bits per heavy atom. The van der Waals surface area contributed by atoms with Crippen molar-refractivity contribution in [2.45, 2.75) is 44.5 Å². The normalized spacial score (nSPS) is 12.7. The lowest BCUT2D eigenvalue weighted by Gasteiger charge is -2.16. The lowest BCUT2D eigenvalue weighted by Crippen LogP contribution is -2.27. The molecule has 0 radical (unpaired) electrons. The van der Waals surface area contributed by atoms with Gasteiger partial charge in [0.15, 0.2) is 0 Å². The number of ether oxygens (including phenoxy) is 6. The van der Waals surface area contributed by atoms with E-state index < -0.39 is 60.0 Å². The summed E-state index contributed by atoms with van der Waals surface area (Å²) in [5.74, 6) is -3.81. The highest BCUT2D eigenvalue weighted by Gasteiger charge is 2.35. The van der Waals surface area contributed by atoms with Gasteiger partial charge in [0.1, 0.15) is 63.9 Å². The molecule has 0 saturated carbocycles. The zero-order valence-electron chi connectivity index (χ0n) is 40.9. The molecule has 15 heteroatoms. The van der Waals surface area contributed by atoms with Crippen LogP contribution in [0.15, 0.2) is 170 Å². The van der Waals surface area contributed by atoms with Gasteiger partial charge in [-0.2, -0.15) is 0 Å². The average Bonchev–Trinajstić information content (AvgIpc) is 3.97. The molecule has 0 spiro atoms. The standard InChI is InChI=1S/2C21H20O5.C17H16O5/c1-13(2)20(23)25-11-14(22)12-26-21(24)19-17-9-5-3-7-15(17)16-8-4-6-10-18(16)19;1-13(2)20(23)25-11-15(22)12-26-21(24)18-9-5-8-17-16-7-4-3-6-14(16)10-19(17)18;1-2-16(19)21-10-13(18)11-22-17(20)15-9-5-7-12-6-3-4-8-14(12)15/h3-10,14,19,22H,1,11-12H2,2H3;3-9,15,22H,1,10-12H2,2H3;2-9,13,18H,1,10-11H2. The Balaban J connectivity index is 0.000000182. The molecule has 8 rings (SSSR count). The Kier molecular flexibility index (Phi) is 19.5. The van der Waals surface area contributed by atoms with E-state index in [-0.39, 0.29) is 50.8 Å². The Bertz CT molecular complexity index is 3010. The average molecular weight is 1010 g/mol. The second-order valence-corrected chi connectivity index (χ2v) is 17.2. The smallest absolute Gasteiger partial charge is 0.338 e. The highest BCUT2D eigenvalue weighted by Crippen LogP contribution is 2.45. The summed E-state index contributed by atoms with van der Waals surface area (Å²) in [6.07, 6.45) is -1.59. The molecule has 0 aromatic heterocycles. The van der Waals surface area contributed by atoms with Crippen molar-refractivity contribution in [3.8, 4) is 22.3 Å². The number of carbonyl (C=O) groups excluding carboxylic acids is 6. The number of benzene rings is 6. The van der Waals surface area contributed by atoms with Crippen molar-refractivity contribution >= 4 is 46.6 Å². The largest absolute Gasteiger partial charge is 0.462 e. The number of carbonyl (C=O) groups is 6. The molecule has 2 aliphatic rings. The van der Waals surface area contributed by atoms with Crippen molar-refractivity contribution in [3.63, 3.8) is 0 Å². The Morgan fingerprint density at radius 2 is 0.946 bits per heavy atom. The summed E-state index contributed by atoms with van der Waals surface area (Å²) < 4.78 is 29.9. The van der Waals surface area contributed by atoms with Crippen LogP contribution in [0.1, 0.15) is 62.7 Å². The van der Waals surface area contributed by atoms with Crippen molar-refractivity contribution in [2.75, 3.05) is 39.6 Å². The summed E-state index contributed by atoms with van der Waals surface area (Å²) in [5.41, 5.74) is 9.48. The molecule has 6 aromatic carbocycles. The predicted octanol–water partition coefficient (Wildman–Crippen LogP) is 7.80. The van der Waals surface area contributed by atoms with Crippen molar-refractivity contribution in [1.82, 2.24) is 0 Å². The van der Waals surface area contributed by atoms with E-state index in [0.717, 1.165) is 55.8 Å². The van der Waals surface area contributed by atoms with Crippen LogP contribution in [0.3, 0.4) is 0 Å². The van der Waals surface area contributed by atoms with Gasteiger partial charge in [-0.15, -0.1) is 0 Å². The van der Waals surface area contributed by atoms with Crippen LogP contribution in [0.4, 0.5) is 0 Å². The Morgan fingerprint density at radius 3 is 1.53 bits per heavy atom. The monoisotopic (exact) mass is 1000 g/mol. The van der Waals surface area contributed by atoms with Gasteiger partial charge in [0.05, 0.1) is 11.1 Å². The van der Waals surface area contributed by atoms with Crippen molar-refractivity contribution in [1.29, 1.82) is 0 Å². The van der Waals surface area contributed by atoms with Crippen LogP contribution in [0.2, 0.25) is 0 Å². The second kappa shape index (κ2) is 26.3. The van der Waals surface area contributed by atoms with E-state index in [1.807, 2.05) is 115 Å². The van der Waals surface area contributed by atoms with E-state index in [1.165, 1.54) is 19.4 Å². The number of aliphatic hydroxyl groups is 3. The molecule has 15 nitrogen and oxygen atoms in total. The van der Waals surface area contributed by atoms with Gasteiger partial charge < -0.3 is 43.7 Å². The van der Waals surface area contributed by atoms with Gasteiger partial charge in [-0.1, -0.05) is 141 Å². The lowest BCUT2D eigenvalue weighted by atomic mass is 9.97. The first-order chi connectivity index (χ1) is 35.6. The maximum atomic E-state index is 12.7. The van der Waals surface area contributed by atoms with Crippen molar-refractivity contribution in [2.24, 2.45) is 0 Å². The molecule has 3 atom stereocenters. The van der Waals surface area contributed by atoms with E-state index in [2.05, 4.69) is 24.5 Å². The maximum absolute atomic E-state index is 12.7. The number of aliphatic hydroxyl groups excluding tert-OH is 3. The van der Waals surface area contributed by atoms with Gasteiger partial charge in [0.2, 0.25) is 0 Å². The summed E-state index contributed by atoms with van der Waals surface area (Å²) in [7, 11) is 0. The van der Waals surface area contributed by atoms with E-state index in [1.54, 1.807) is 18.2 Å². The first-order valence-electron chi connectivity index (χ1n) is 23.4. The lowest BCUT2D eigenvalue weighted by molar-refractivity contribution is -0.151. The predicted molar refractivity (Wildman–Crippen MR) is 275 cm³/mol. The van der Waals surface area contributed by atoms with E-state index in [9.17, 15) is 44.1 Å². The quantitative estimate of drug-likeness (QED) is 0.0424. The first-order valence-corrected chi connectivity index (χ1v) is 23.4. The molecule has 382 valence electrons. The summed E-state index contributed by atoms with van der Waals surface area (Å²) in [6, 6.07) is 41.8. The number of fused-ring (bicyclic) bond motifs is 7. The van der Waals surface area contributed by atoms with Crippen LogP contribution in [0.5, 0.6) is 0 Å². The third kappa shape index (κ3) is 14.3. The SMILES string of the molecule is C=C(C)C(=O)OCC(O)COC(=O)C1c2ccccc2-c2ccccc21.C=C(C)C(=O)OCC(O)COC(=O)c1cccc2c1Cc1ccccc1-2.C=CC(=O)OCC(O)COC(=O)c1cccc2ccccc12. The van der Waals surface area contributed by atoms with Gasteiger partial charge in [-0.25, -0.2) is 24.0 Å². The van der Waals surface area contributed by atoms with Gasteiger partial charge in [0.25, 0.3) is 0 Å². The molecule has 3 unspecified atom stereocenters. The molecule has 6 aromatic rings. The zero-order chi connectivity index (χ0) is 53.3. The number of esters is 6. The summed E-state index contributed by atoms with van der Waals surface area (Å²) in [6.45, 7) is 11.7. The highest BCUT2D eigenvalue weighted by molar-refractivity contribution is 6.04. The number of hydrogen-bond acceptors (Lipinski definition) is 15. The van der Waals surface area contributed by atoms with Crippen LogP contribution < -0.4 is 0 Å². The summed E-state index contributed by atoms with van der Waals surface area (Å²) in [5, 5.41) is 31.0. The van der Waals surface area contributed by atoms with Crippen LogP contribution in [-0.2, 0) is 54.0 Å². The third-order valence-electron chi connectivity index (χ3n) is 11.5. The van der Waals surface area contributed by atoms with Gasteiger partial charge in [0, 0.05) is 17.2 Å². The molecule has 0 amide bonds. The molecule has 3 N–H and O–H groups in total. The van der Waals surface area contributed by atoms with E-state index >= 15 is 0 Å². The number of rotatable bonds is 18. The Labute approximate surface area is 427 Å². The van der Waals surface area contributed by atoms with Gasteiger partial charge in [-0.3, -0.25) is 4.79 Å². The van der Waals surface area contributed by atoms with Crippen molar-refractivity contribution in [3.05, 3.63) is 204 Å². The minimum atomic E-state index is -1.09. The van der Waals surface area contributed by atoms with Crippen LogP contribution >= 0.6 is 0 Å². The van der Waals surface area contributed by atoms with Gasteiger partial charge in [-0.05, 0) is 87.7 Å². The fourth-order valence-electron chi connectivity index (χ4n) is 7.89. The highest BCUT2D eigenvalue weighted by atomic mass is 16.6. The second-order valence-electron chi connectivity index (χ2n) is 17.2. The van der Waals surface area contributed by atoms with E-state index in [4.69, 9.17) is 23.7 Å². The minimum absolute atomic E-state index is 0.244. The molecule has 0 saturated heterocycles. The zero-order valence-corrected chi connectivity index (χ0v) is 40.9. The van der Waals surface area contributed by atoms with Gasteiger partial charge >= 0.3 is 35.8 Å². The molecule has 74 heavy (non-hydrogen) atoms. The Hall–Kier alpha value is -8.50. The molecule has 0 aliphatic heterocycles. The molecular weight excluding hydrogens is 949 g/mol. The summed E-state index contributed by atoms with van der Waals surface area (Å²) >= 11 is 0. The molecular formula is C59H56O15. The fourth-order valence-corrected chi connectivity index (χ4v) is 7.89. The number of hydrogen-bond donors (Lipinski definition) is 3. The molecule has 2 aliphatic carbocycles. The van der Waals surface area contributed by atoms with Crippen LogP contribution in [0.25, 0.3) is 33.0 Å². The van der Waals surface area contributed by atoms with Crippen molar-refractivity contribution < 1.29 is 72.5 Å². The molecule has 0 fully saturated rings. The first kappa shape index (κ1) is 54.8. The third-order valence-corrected chi connectivity index (χ3v) is 11.5. The molecule has 0 bridgehead atoms. The topological polar surface area (TPSA) is 218 Å². The maximum Gasteiger partial charge on any atom is 0.338 e. The molecule has 0 heterocycles. The van der Waals surface area contributed by atoms with Crippen LogP contribution in [0, 0.1) is 0 Å². The summed E-state index contributed by atoms with van der Waals surface area (Å²) in [4.78, 5) is 70.7. The van der Waals surface area contributed by atoms with Crippen LogP contribution in [-0.4, -0.2) is 109 Å². The van der Waals surface area contributed by atoms with E-state index in [0.29, 0.717) is 17.5 Å². The minimum Gasteiger partial charge on any atom is -0.462 e. The fraction of sp³-hybridized carbons (Fsp3) is 0.220.